The lowest BCUT2D eigenvalue weighted by atomic mass is 10.0. The molecule has 3 nitrogen and oxygen atoms in total. The number of carbonyl (C=O) groups is 2. The molecule has 0 saturated carbocycles. The van der Waals surface area contributed by atoms with Crippen LogP contribution in [0, 0.1) is 0 Å². The normalized spacial score (nSPS) is 11.7. The van der Waals surface area contributed by atoms with Crippen molar-refractivity contribution in [3.8, 4) is 0 Å². The Morgan fingerprint density at radius 1 is 0.850 bits per heavy atom. The number of anilines is 1. The first-order chi connectivity index (χ1) is 9.61. The van der Waals surface area contributed by atoms with Crippen LogP contribution in [0.3, 0.4) is 0 Å². The standard InChI is InChI=1S/C17H17NO2/c1-13(19)17(15-9-5-3-6-10-15)18(14(2)20)16-11-7-4-8-12-16/h3-12,17H,1-2H3. The SMILES string of the molecule is CC(=O)C(c1ccccc1)N(C(C)=O)c1ccccc1. The lowest BCUT2D eigenvalue weighted by Gasteiger charge is -2.29. The van der Waals surface area contributed by atoms with Crippen molar-refractivity contribution in [2.24, 2.45) is 0 Å². The van der Waals surface area contributed by atoms with Crippen LogP contribution in [0.25, 0.3) is 0 Å². The third-order valence-corrected chi connectivity index (χ3v) is 3.13. The second-order valence-electron chi connectivity index (χ2n) is 4.65. The van der Waals surface area contributed by atoms with Gasteiger partial charge in [0, 0.05) is 12.6 Å². The van der Waals surface area contributed by atoms with Crippen LogP contribution in [-0.4, -0.2) is 11.7 Å². The Kier molecular flexibility index (Phi) is 4.31. The number of para-hydroxylation sites is 1. The molecule has 0 spiro atoms. The number of amides is 1. The zero-order chi connectivity index (χ0) is 14.5. The monoisotopic (exact) mass is 267 g/mol. The minimum Gasteiger partial charge on any atom is -0.298 e. The van der Waals surface area contributed by atoms with Gasteiger partial charge in [-0.25, -0.2) is 0 Å². The van der Waals surface area contributed by atoms with Crippen molar-refractivity contribution in [2.75, 3.05) is 4.90 Å². The van der Waals surface area contributed by atoms with Gasteiger partial charge >= 0.3 is 0 Å². The molecule has 0 heterocycles. The Hall–Kier alpha value is -2.42. The van der Waals surface area contributed by atoms with Crippen LogP contribution in [0.2, 0.25) is 0 Å². The van der Waals surface area contributed by atoms with Crippen molar-refractivity contribution in [2.45, 2.75) is 19.9 Å². The number of nitrogens with zero attached hydrogens (tertiary/aromatic N) is 1. The highest BCUT2D eigenvalue weighted by atomic mass is 16.2. The fraction of sp³-hybridized carbons (Fsp3) is 0.176. The first-order valence-corrected chi connectivity index (χ1v) is 6.51. The van der Waals surface area contributed by atoms with Gasteiger partial charge in [0.1, 0.15) is 6.04 Å². The van der Waals surface area contributed by atoms with Crippen molar-refractivity contribution in [1.29, 1.82) is 0 Å². The minimum atomic E-state index is -0.587. The van der Waals surface area contributed by atoms with E-state index in [4.69, 9.17) is 0 Å². The Bertz CT molecular complexity index is 537. The molecule has 0 aliphatic rings. The van der Waals surface area contributed by atoms with Crippen molar-refractivity contribution in [3.05, 3.63) is 66.2 Å². The van der Waals surface area contributed by atoms with Crippen LogP contribution >= 0.6 is 0 Å². The third kappa shape index (κ3) is 2.94. The van der Waals surface area contributed by atoms with Gasteiger partial charge in [0.25, 0.3) is 0 Å². The summed E-state index contributed by atoms with van der Waals surface area (Å²) in [5, 5.41) is 0. The summed E-state index contributed by atoms with van der Waals surface area (Å²) in [6, 6.07) is 18.0. The summed E-state index contributed by atoms with van der Waals surface area (Å²) in [5.41, 5.74) is 1.54. The predicted octanol–water partition coefficient (Wildman–Crippen LogP) is 3.37. The number of benzene rings is 2. The van der Waals surface area contributed by atoms with Crippen molar-refractivity contribution in [1.82, 2.24) is 0 Å². The highest BCUT2D eigenvalue weighted by molar-refractivity contribution is 6.00. The quantitative estimate of drug-likeness (QED) is 0.851. The van der Waals surface area contributed by atoms with E-state index in [0.29, 0.717) is 0 Å². The predicted molar refractivity (Wildman–Crippen MR) is 79.5 cm³/mol. The summed E-state index contributed by atoms with van der Waals surface area (Å²) in [4.78, 5) is 25.6. The van der Waals surface area contributed by atoms with Gasteiger partial charge in [0.05, 0.1) is 0 Å². The molecule has 1 unspecified atom stereocenters. The fourth-order valence-electron chi connectivity index (χ4n) is 2.30. The summed E-state index contributed by atoms with van der Waals surface area (Å²) in [6.45, 7) is 2.99. The zero-order valence-corrected chi connectivity index (χ0v) is 11.6. The van der Waals surface area contributed by atoms with E-state index >= 15 is 0 Å². The number of carbonyl (C=O) groups excluding carboxylic acids is 2. The highest BCUT2D eigenvalue weighted by Gasteiger charge is 2.27. The minimum absolute atomic E-state index is 0.0600. The molecule has 0 aromatic heterocycles. The van der Waals surface area contributed by atoms with Gasteiger partial charge in [0.15, 0.2) is 5.78 Å². The Morgan fingerprint density at radius 2 is 1.35 bits per heavy atom. The van der Waals surface area contributed by atoms with Crippen LogP contribution in [0.5, 0.6) is 0 Å². The molecule has 1 atom stereocenters. The van der Waals surface area contributed by atoms with E-state index in [-0.39, 0.29) is 11.7 Å². The summed E-state index contributed by atoms with van der Waals surface area (Å²) < 4.78 is 0. The molecule has 0 bridgehead atoms. The Balaban J connectivity index is 2.50. The molecule has 2 aromatic carbocycles. The number of rotatable bonds is 4. The molecule has 2 rings (SSSR count). The number of Topliss-reactive ketones (excluding diaryl/α,β-unsaturated/α-hetero) is 1. The molecule has 1 amide bonds. The maximum Gasteiger partial charge on any atom is 0.224 e. The molecule has 0 saturated heterocycles. The van der Waals surface area contributed by atoms with Gasteiger partial charge in [0.2, 0.25) is 5.91 Å². The molecule has 0 N–H and O–H groups in total. The smallest absolute Gasteiger partial charge is 0.224 e. The number of hydrogen-bond donors (Lipinski definition) is 0. The van der Waals surface area contributed by atoms with E-state index in [1.807, 2.05) is 60.7 Å². The van der Waals surface area contributed by atoms with E-state index in [9.17, 15) is 9.59 Å². The van der Waals surface area contributed by atoms with Crippen molar-refractivity contribution in [3.63, 3.8) is 0 Å². The van der Waals surface area contributed by atoms with Gasteiger partial charge < -0.3 is 0 Å². The summed E-state index contributed by atoms with van der Waals surface area (Å²) >= 11 is 0. The van der Waals surface area contributed by atoms with Gasteiger partial charge in [-0.15, -0.1) is 0 Å². The van der Waals surface area contributed by atoms with E-state index in [1.165, 1.54) is 18.7 Å². The van der Waals surface area contributed by atoms with E-state index in [0.717, 1.165) is 11.3 Å². The van der Waals surface area contributed by atoms with Crippen LogP contribution in [0.4, 0.5) is 5.69 Å². The molecule has 102 valence electrons. The fourth-order valence-corrected chi connectivity index (χ4v) is 2.30. The topological polar surface area (TPSA) is 37.4 Å². The molecule has 3 heteroatoms. The molecule has 0 aliphatic carbocycles. The second-order valence-corrected chi connectivity index (χ2v) is 4.65. The lowest BCUT2D eigenvalue weighted by molar-refractivity contribution is -0.123. The molecular weight excluding hydrogens is 250 g/mol. The maximum absolute atomic E-state index is 12.1. The first-order valence-electron chi connectivity index (χ1n) is 6.51. The Labute approximate surface area is 118 Å². The van der Waals surface area contributed by atoms with Crippen LogP contribution < -0.4 is 4.90 Å². The summed E-state index contributed by atoms with van der Waals surface area (Å²) in [6.07, 6.45) is 0. The third-order valence-electron chi connectivity index (χ3n) is 3.13. The van der Waals surface area contributed by atoms with Crippen LogP contribution in [0.1, 0.15) is 25.5 Å². The van der Waals surface area contributed by atoms with E-state index in [1.54, 1.807) is 0 Å². The van der Waals surface area contributed by atoms with E-state index in [2.05, 4.69) is 0 Å². The summed E-state index contributed by atoms with van der Waals surface area (Å²) in [5.74, 6) is -0.212. The second kappa shape index (κ2) is 6.15. The molecule has 0 fully saturated rings. The highest BCUT2D eigenvalue weighted by Crippen LogP contribution is 2.28. The van der Waals surface area contributed by atoms with Crippen LogP contribution in [-0.2, 0) is 9.59 Å². The van der Waals surface area contributed by atoms with Crippen molar-refractivity contribution < 1.29 is 9.59 Å². The van der Waals surface area contributed by atoms with Gasteiger partial charge in [-0.05, 0) is 24.6 Å². The van der Waals surface area contributed by atoms with Gasteiger partial charge in [-0.2, -0.15) is 0 Å². The van der Waals surface area contributed by atoms with Gasteiger partial charge in [-0.3, -0.25) is 14.5 Å². The molecule has 0 aliphatic heterocycles. The average molecular weight is 267 g/mol. The maximum atomic E-state index is 12.1. The zero-order valence-electron chi connectivity index (χ0n) is 11.6. The molecule has 20 heavy (non-hydrogen) atoms. The molecule has 0 radical (unpaired) electrons. The first kappa shape index (κ1) is 14.0. The van der Waals surface area contributed by atoms with Crippen LogP contribution in [0.15, 0.2) is 60.7 Å². The lowest BCUT2D eigenvalue weighted by Crippen LogP contribution is -2.36. The Morgan fingerprint density at radius 3 is 1.80 bits per heavy atom. The largest absolute Gasteiger partial charge is 0.298 e. The molecule has 2 aromatic rings. The average Bonchev–Trinajstić information content (AvgIpc) is 2.45. The van der Waals surface area contributed by atoms with Gasteiger partial charge in [-0.1, -0.05) is 48.5 Å². The van der Waals surface area contributed by atoms with E-state index < -0.39 is 6.04 Å². The molecular formula is C17H17NO2. The summed E-state index contributed by atoms with van der Waals surface area (Å²) in [7, 11) is 0. The number of ketones is 1. The van der Waals surface area contributed by atoms with Crippen molar-refractivity contribution >= 4 is 17.4 Å². The number of hydrogen-bond acceptors (Lipinski definition) is 2.